The minimum absolute atomic E-state index is 0.216. The van der Waals surface area contributed by atoms with Crippen molar-refractivity contribution in [1.82, 2.24) is 19.7 Å². The second kappa shape index (κ2) is 6.80. The molecular weight excluding hydrogens is 376 g/mol. The number of aromatic hydroxyl groups is 1. The van der Waals surface area contributed by atoms with Crippen LogP contribution in [0.2, 0.25) is 5.02 Å². The lowest BCUT2D eigenvalue weighted by atomic mass is 10.1. The zero-order valence-electron chi connectivity index (χ0n) is 15.7. The Morgan fingerprint density at radius 1 is 1.14 bits per heavy atom. The summed E-state index contributed by atoms with van der Waals surface area (Å²) in [5.74, 6) is 0.708. The van der Waals surface area contributed by atoms with Crippen molar-refractivity contribution in [2.45, 2.75) is 27.2 Å². The second-order valence-corrected chi connectivity index (χ2v) is 7.32. The molecular formula is C21H19ClN4O2. The van der Waals surface area contributed by atoms with Gasteiger partial charge in [-0.15, -0.1) is 0 Å². The minimum atomic E-state index is -0.246. The van der Waals surface area contributed by atoms with Gasteiger partial charge in [0.25, 0.3) is 5.56 Å². The highest BCUT2D eigenvalue weighted by Crippen LogP contribution is 2.27. The van der Waals surface area contributed by atoms with Crippen LogP contribution in [0, 0.1) is 20.8 Å². The molecule has 2 heterocycles. The average Bonchev–Trinajstić information content (AvgIpc) is 2.95. The number of aromatic amines is 1. The van der Waals surface area contributed by atoms with Gasteiger partial charge in [0.15, 0.2) is 5.65 Å². The first-order valence-electron chi connectivity index (χ1n) is 8.87. The van der Waals surface area contributed by atoms with Crippen LogP contribution < -0.4 is 5.56 Å². The number of nitrogens with zero attached hydrogens (tertiary/aromatic N) is 3. The molecule has 0 bridgehead atoms. The lowest BCUT2D eigenvalue weighted by Crippen LogP contribution is -2.13. The van der Waals surface area contributed by atoms with E-state index in [9.17, 15) is 9.90 Å². The molecule has 0 unspecified atom stereocenters. The molecule has 6 nitrogen and oxygen atoms in total. The van der Waals surface area contributed by atoms with Crippen molar-refractivity contribution < 1.29 is 5.11 Å². The van der Waals surface area contributed by atoms with Crippen LogP contribution in [0.15, 0.2) is 41.2 Å². The Kier molecular flexibility index (Phi) is 4.43. The predicted molar refractivity (Wildman–Crippen MR) is 110 cm³/mol. The maximum absolute atomic E-state index is 12.7. The van der Waals surface area contributed by atoms with E-state index in [4.69, 9.17) is 11.6 Å². The fraction of sp³-hybridized carbons (Fsp3) is 0.190. The highest BCUT2D eigenvalue weighted by atomic mass is 35.5. The monoisotopic (exact) mass is 394 g/mol. The summed E-state index contributed by atoms with van der Waals surface area (Å²) in [6.07, 6.45) is 0.380. The van der Waals surface area contributed by atoms with Crippen molar-refractivity contribution in [2.24, 2.45) is 0 Å². The van der Waals surface area contributed by atoms with Gasteiger partial charge in [0.1, 0.15) is 17.0 Å². The molecule has 0 radical (unpaired) electrons. The Bertz CT molecular complexity index is 1250. The van der Waals surface area contributed by atoms with Crippen LogP contribution in [0.25, 0.3) is 16.7 Å². The van der Waals surface area contributed by atoms with Crippen LogP contribution >= 0.6 is 11.6 Å². The van der Waals surface area contributed by atoms with Crippen LogP contribution in [-0.2, 0) is 6.42 Å². The number of benzene rings is 2. The highest BCUT2D eigenvalue weighted by molar-refractivity contribution is 6.32. The zero-order valence-corrected chi connectivity index (χ0v) is 16.5. The van der Waals surface area contributed by atoms with E-state index in [1.807, 2.05) is 38.1 Å². The standard InChI is InChI=1S/C21H19ClN4O2/c1-11-7-8-14(9-16(11)27)10-17-23-20-18(21(28)24-17)13(3)25-26(20)19-12(2)5-4-6-15(19)22/h4-9,27H,10H2,1-3H3,(H,23,24,28). The molecule has 0 aliphatic rings. The highest BCUT2D eigenvalue weighted by Gasteiger charge is 2.18. The third-order valence-corrected chi connectivity index (χ3v) is 5.11. The molecule has 7 heteroatoms. The van der Waals surface area contributed by atoms with Crippen molar-refractivity contribution in [1.29, 1.82) is 0 Å². The van der Waals surface area contributed by atoms with Gasteiger partial charge in [0.2, 0.25) is 0 Å². The molecule has 4 aromatic rings. The number of hydrogen-bond acceptors (Lipinski definition) is 4. The smallest absolute Gasteiger partial charge is 0.262 e. The Hall–Kier alpha value is -3.12. The topological polar surface area (TPSA) is 83.8 Å². The largest absolute Gasteiger partial charge is 0.508 e. The Balaban J connectivity index is 1.90. The number of halogens is 1. The van der Waals surface area contributed by atoms with E-state index in [0.29, 0.717) is 39.7 Å². The van der Waals surface area contributed by atoms with E-state index in [0.717, 1.165) is 16.7 Å². The molecule has 0 aliphatic carbocycles. The molecule has 28 heavy (non-hydrogen) atoms. The molecule has 0 aliphatic heterocycles. The first-order chi connectivity index (χ1) is 13.3. The van der Waals surface area contributed by atoms with Gasteiger partial charge >= 0.3 is 0 Å². The summed E-state index contributed by atoms with van der Waals surface area (Å²) in [5.41, 5.74) is 4.09. The molecule has 142 valence electrons. The van der Waals surface area contributed by atoms with Crippen molar-refractivity contribution in [3.63, 3.8) is 0 Å². The second-order valence-electron chi connectivity index (χ2n) is 6.91. The van der Waals surface area contributed by atoms with Gasteiger partial charge in [-0.05, 0) is 49.6 Å². The Morgan fingerprint density at radius 2 is 1.93 bits per heavy atom. The van der Waals surface area contributed by atoms with Crippen LogP contribution in [0.3, 0.4) is 0 Å². The van der Waals surface area contributed by atoms with Crippen LogP contribution in [0.4, 0.5) is 0 Å². The third kappa shape index (κ3) is 3.05. The zero-order chi connectivity index (χ0) is 20.0. The summed E-state index contributed by atoms with van der Waals surface area (Å²) in [4.78, 5) is 20.2. The molecule has 0 saturated heterocycles. The maximum Gasteiger partial charge on any atom is 0.262 e. The summed E-state index contributed by atoms with van der Waals surface area (Å²) < 4.78 is 1.63. The third-order valence-electron chi connectivity index (χ3n) is 4.81. The van der Waals surface area contributed by atoms with E-state index in [-0.39, 0.29) is 11.3 Å². The average molecular weight is 395 g/mol. The quantitative estimate of drug-likeness (QED) is 0.550. The summed E-state index contributed by atoms with van der Waals surface area (Å²) in [7, 11) is 0. The number of H-pyrrole nitrogens is 1. The van der Waals surface area contributed by atoms with Crippen molar-refractivity contribution in [3.05, 3.63) is 80.0 Å². The van der Waals surface area contributed by atoms with Gasteiger partial charge < -0.3 is 10.1 Å². The molecule has 2 aromatic carbocycles. The van der Waals surface area contributed by atoms with E-state index in [1.165, 1.54) is 0 Å². The fourth-order valence-corrected chi connectivity index (χ4v) is 3.62. The maximum atomic E-state index is 12.7. The molecule has 0 fully saturated rings. The number of hydrogen-bond donors (Lipinski definition) is 2. The van der Waals surface area contributed by atoms with Gasteiger partial charge in [-0.3, -0.25) is 4.79 Å². The van der Waals surface area contributed by atoms with E-state index in [2.05, 4.69) is 15.1 Å². The Morgan fingerprint density at radius 3 is 2.64 bits per heavy atom. The predicted octanol–water partition coefficient (Wildman–Crippen LogP) is 3.98. The van der Waals surface area contributed by atoms with Crippen LogP contribution in [-0.4, -0.2) is 24.9 Å². The molecule has 2 aromatic heterocycles. The van der Waals surface area contributed by atoms with Crippen molar-refractivity contribution >= 4 is 22.6 Å². The minimum Gasteiger partial charge on any atom is -0.508 e. The molecule has 0 atom stereocenters. The number of aryl methyl sites for hydroxylation is 3. The SMILES string of the molecule is Cc1ccc(Cc2nc3c(c(C)nn3-c3c(C)cccc3Cl)c(=O)[nH]2)cc1O. The molecule has 2 N–H and O–H groups in total. The van der Waals surface area contributed by atoms with Gasteiger partial charge in [-0.1, -0.05) is 35.9 Å². The number of rotatable bonds is 3. The first-order valence-corrected chi connectivity index (χ1v) is 9.25. The van der Waals surface area contributed by atoms with Crippen molar-refractivity contribution in [3.8, 4) is 11.4 Å². The van der Waals surface area contributed by atoms with E-state index >= 15 is 0 Å². The van der Waals surface area contributed by atoms with Gasteiger partial charge in [0.05, 0.1) is 16.4 Å². The summed E-state index contributed by atoms with van der Waals surface area (Å²) >= 11 is 6.41. The molecule has 0 saturated carbocycles. The number of nitrogens with one attached hydrogen (secondary N) is 1. The number of fused-ring (bicyclic) bond motifs is 1. The molecule has 0 spiro atoms. The number of phenolic OH excluding ortho intramolecular Hbond substituents is 1. The first kappa shape index (κ1) is 18.3. The normalized spacial score (nSPS) is 11.3. The number of aromatic nitrogens is 4. The van der Waals surface area contributed by atoms with Gasteiger partial charge in [-0.25, -0.2) is 9.67 Å². The lowest BCUT2D eigenvalue weighted by molar-refractivity contribution is 0.470. The van der Waals surface area contributed by atoms with E-state index in [1.54, 1.807) is 23.7 Å². The summed E-state index contributed by atoms with van der Waals surface area (Å²) in [6.45, 7) is 5.55. The number of para-hydroxylation sites is 1. The summed E-state index contributed by atoms with van der Waals surface area (Å²) in [6, 6.07) is 11.0. The molecule has 0 amide bonds. The van der Waals surface area contributed by atoms with Crippen LogP contribution in [0.5, 0.6) is 5.75 Å². The summed E-state index contributed by atoms with van der Waals surface area (Å²) in [5, 5.41) is 15.4. The van der Waals surface area contributed by atoms with Gasteiger partial charge in [-0.2, -0.15) is 5.10 Å². The number of phenols is 1. The van der Waals surface area contributed by atoms with Gasteiger partial charge in [0, 0.05) is 6.42 Å². The molecule has 4 rings (SSSR count). The van der Waals surface area contributed by atoms with E-state index < -0.39 is 0 Å². The fourth-order valence-electron chi connectivity index (χ4n) is 3.32. The van der Waals surface area contributed by atoms with Crippen LogP contribution in [0.1, 0.15) is 28.2 Å². The van der Waals surface area contributed by atoms with Crippen molar-refractivity contribution in [2.75, 3.05) is 0 Å². The Labute approximate surface area is 166 Å². The lowest BCUT2D eigenvalue weighted by Gasteiger charge is -2.09.